The molecule has 7 nitrogen and oxygen atoms in total. The zero-order valence-corrected chi connectivity index (χ0v) is 13.3. The third-order valence-corrected chi connectivity index (χ3v) is 4.64. The predicted octanol–water partition coefficient (Wildman–Crippen LogP) is 1.19. The average Bonchev–Trinajstić information content (AvgIpc) is 3.07. The van der Waals surface area contributed by atoms with Crippen molar-refractivity contribution in [1.29, 1.82) is 0 Å². The van der Waals surface area contributed by atoms with Gasteiger partial charge in [0.05, 0.1) is 0 Å². The molecule has 0 fully saturated rings. The Hall–Kier alpha value is -2.83. The first-order valence-electron chi connectivity index (χ1n) is 7.52. The number of fused-ring (bicyclic) bond motifs is 3. The first-order chi connectivity index (χ1) is 11.0. The maximum absolute atomic E-state index is 12.2. The number of hydrogen-bond donors (Lipinski definition) is 1. The molecule has 4 rings (SSSR count). The number of hydrogen-bond acceptors (Lipinski definition) is 4. The van der Waals surface area contributed by atoms with E-state index in [1.165, 1.54) is 15.7 Å². The summed E-state index contributed by atoms with van der Waals surface area (Å²) in [6.45, 7) is 5.58. The van der Waals surface area contributed by atoms with Crippen LogP contribution in [0.5, 0.6) is 0 Å². The molecule has 23 heavy (non-hydrogen) atoms. The number of nitrogens with one attached hydrogen (secondary N) is 1. The van der Waals surface area contributed by atoms with Crippen molar-refractivity contribution in [3.05, 3.63) is 50.2 Å². The van der Waals surface area contributed by atoms with E-state index in [1.807, 2.05) is 10.6 Å². The largest absolute Gasteiger partial charge is 0.329 e. The summed E-state index contributed by atoms with van der Waals surface area (Å²) >= 11 is 0. The second-order valence-corrected chi connectivity index (χ2v) is 5.92. The van der Waals surface area contributed by atoms with Crippen LogP contribution in [-0.4, -0.2) is 25.6 Å². The van der Waals surface area contributed by atoms with Gasteiger partial charge in [-0.3, -0.25) is 14.3 Å². The van der Waals surface area contributed by atoms with Crippen LogP contribution in [0, 0.1) is 13.8 Å². The van der Waals surface area contributed by atoms with Gasteiger partial charge in [-0.15, -0.1) is 0 Å². The molecule has 0 spiro atoms. The molecule has 0 amide bonds. The first kappa shape index (κ1) is 13.8. The van der Waals surface area contributed by atoms with Crippen molar-refractivity contribution in [2.75, 3.05) is 11.4 Å². The smallest absolute Gasteiger partial charge is 0.310 e. The molecule has 1 N–H and O–H groups in total. The number of aromatic nitrogens is 4. The van der Waals surface area contributed by atoms with Gasteiger partial charge in [-0.1, -0.05) is 12.1 Å². The van der Waals surface area contributed by atoms with E-state index in [2.05, 4.69) is 40.8 Å². The van der Waals surface area contributed by atoms with Gasteiger partial charge in [-0.25, -0.2) is 4.79 Å². The van der Waals surface area contributed by atoms with Gasteiger partial charge >= 0.3 is 5.69 Å². The molecular weight excluding hydrogens is 294 g/mol. The molecule has 1 aliphatic rings. The molecule has 118 valence electrons. The van der Waals surface area contributed by atoms with Gasteiger partial charge in [0.2, 0.25) is 5.95 Å². The number of anilines is 2. The molecule has 3 aromatic rings. The summed E-state index contributed by atoms with van der Waals surface area (Å²) in [4.78, 5) is 33.0. The van der Waals surface area contributed by atoms with E-state index in [0.717, 1.165) is 12.2 Å². The lowest BCUT2D eigenvalue weighted by atomic mass is 10.1. The number of aromatic amines is 1. The average molecular weight is 311 g/mol. The van der Waals surface area contributed by atoms with Crippen molar-refractivity contribution in [2.24, 2.45) is 7.05 Å². The summed E-state index contributed by atoms with van der Waals surface area (Å²) in [5, 5.41) is 0. The predicted molar refractivity (Wildman–Crippen MR) is 88.5 cm³/mol. The van der Waals surface area contributed by atoms with Crippen LogP contribution < -0.4 is 16.1 Å². The highest BCUT2D eigenvalue weighted by atomic mass is 16.2. The second-order valence-electron chi connectivity index (χ2n) is 5.92. The molecule has 3 heterocycles. The molecule has 0 bridgehead atoms. The van der Waals surface area contributed by atoms with Crippen LogP contribution in [0.2, 0.25) is 0 Å². The minimum Gasteiger partial charge on any atom is -0.310 e. The summed E-state index contributed by atoms with van der Waals surface area (Å²) < 4.78 is 3.26. The van der Waals surface area contributed by atoms with Gasteiger partial charge in [0.25, 0.3) is 5.56 Å². The van der Waals surface area contributed by atoms with Crippen molar-refractivity contribution >= 4 is 22.8 Å². The molecule has 0 atom stereocenters. The molecule has 1 aliphatic heterocycles. The Morgan fingerprint density at radius 3 is 2.74 bits per heavy atom. The second kappa shape index (κ2) is 4.58. The summed E-state index contributed by atoms with van der Waals surface area (Å²) in [7, 11) is 1.62. The molecule has 0 aliphatic carbocycles. The van der Waals surface area contributed by atoms with Crippen molar-refractivity contribution < 1.29 is 0 Å². The van der Waals surface area contributed by atoms with E-state index in [0.29, 0.717) is 23.7 Å². The molecule has 0 saturated carbocycles. The molecule has 7 heteroatoms. The fourth-order valence-corrected chi connectivity index (χ4v) is 3.20. The monoisotopic (exact) mass is 311 g/mol. The van der Waals surface area contributed by atoms with Gasteiger partial charge in [-0.05, 0) is 31.0 Å². The minimum absolute atomic E-state index is 0.385. The maximum atomic E-state index is 12.2. The Morgan fingerprint density at radius 1 is 1.17 bits per heavy atom. The molecule has 0 saturated heterocycles. The number of nitrogens with zero attached hydrogens (tertiary/aromatic N) is 4. The lowest BCUT2D eigenvalue weighted by Gasteiger charge is -2.19. The highest BCUT2D eigenvalue weighted by Gasteiger charge is 2.28. The van der Waals surface area contributed by atoms with Crippen LogP contribution in [0.1, 0.15) is 11.1 Å². The quantitative estimate of drug-likeness (QED) is 0.732. The first-order valence-corrected chi connectivity index (χ1v) is 7.52. The summed E-state index contributed by atoms with van der Waals surface area (Å²) in [6.07, 6.45) is 0. The molecule has 0 radical (unpaired) electrons. The van der Waals surface area contributed by atoms with E-state index in [4.69, 9.17) is 0 Å². The van der Waals surface area contributed by atoms with Crippen LogP contribution in [-0.2, 0) is 13.6 Å². The lowest BCUT2D eigenvalue weighted by molar-refractivity contribution is 0.797. The minimum atomic E-state index is -0.447. The maximum Gasteiger partial charge on any atom is 0.329 e. The SMILES string of the molecule is Cc1cccc(N2CCn3c2nc2c3c(=O)[nH]c(=O)n2C)c1C. The fourth-order valence-electron chi connectivity index (χ4n) is 3.20. The van der Waals surface area contributed by atoms with Gasteiger partial charge in [0.15, 0.2) is 11.2 Å². The Morgan fingerprint density at radius 2 is 1.96 bits per heavy atom. The van der Waals surface area contributed by atoms with Crippen molar-refractivity contribution in [3.8, 4) is 0 Å². The summed E-state index contributed by atoms with van der Waals surface area (Å²) in [6, 6.07) is 6.15. The Labute approximate surface area is 131 Å². The highest BCUT2D eigenvalue weighted by Crippen LogP contribution is 2.34. The topological polar surface area (TPSA) is 75.9 Å². The van der Waals surface area contributed by atoms with Gasteiger partial charge in [0, 0.05) is 25.8 Å². The fraction of sp³-hybridized carbons (Fsp3) is 0.312. The Bertz CT molecular complexity index is 1060. The van der Waals surface area contributed by atoms with Crippen LogP contribution in [0.3, 0.4) is 0 Å². The van der Waals surface area contributed by atoms with Gasteiger partial charge in [-0.2, -0.15) is 4.98 Å². The zero-order valence-electron chi connectivity index (χ0n) is 13.3. The number of imidazole rings is 1. The van der Waals surface area contributed by atoms with Crippen LogP contribution in [0.25, 0.3) is 11.2 Å². The van der Waals surface area contributed by atoms with Crippen LogP contribution in [0.15, 0.2) is 27.8 Å². The lowest BCUT2D eigenvalue weighted by Crippen LogP contribution is -2.29. The van der Waals surface area contributed by atoms with Crippen molar-refractivity contribution in [1.82, 2.24) is 19.1 Å². The number of rotatable bonds is 1. The number of H-pyrrole nitrogens is 1. The van der Waals surface area contributed by atoms with E-state index < -0.39 is 5.69 Å². The molecular formula is C16H17N5O2. The van der Waals surface area contributed by atoms with E-state index in [-0.39, 0.29) is 5.56 Å². The van der Waals surface area contributed by atoms with Gasteiger partial charge in [0.1, 0.15) is 0 Å². The standard InChI is InChI=1S/C16H17N5O2/c1-9-5-4-6-11(10(9)2)20-7-8-21-12-13(17-15(20)21)19(3)16(23)18-14(12)22/h4-6H,7-8H2,1-3H3,(H,18,22,23). The molecule has 1 aromatic carbocycles. The molecule has 2 aromatic heterocycles. The molecule has 0 unspecified atom stereocenters. The van der Waals surface area contributed by atoms with Crippen molar-refractivity contribution in [3.63, 3.8) is 0 Å². The highest BCUT2D eigenvalue weighted by molar-refractivity contribution is 5.78. The number of benzene rings is 1. The van der Waals surface area contributed by atoms with E-state index in [1.54, 1.807) is 7.05 Å². The van der Waals surface area contributed by atoms with Crippen LogP contribution in [0.4, 0.5) is 11.6 Å². The third-order valence-electron chi connectivity index (χ3n) is 4.64. The van der Waals surface area contributed by atoms with Crippen molar-refractivity contribution in [2.45, 2.75) is 20.4 Å². The zero-order chi connectivity index (χ0) is 16.3. The van der Waals surface area contributed by atoms with E-state index in [9.17, 15) is 9.59 Å². The Balaban J connectivity index is 2.00. The van der Waals surface area contributed by atoms with Crippen LogP contribution >= 0.6 is 0 Å². The summed E-state index contributed by atoms with van der Waals surface area (Å²) in [5.74, 6) is 0.709. The third kappa shape index (κ3) is 1.79. The van der Waals surface area contributed by atoms with Gasteiger partial charge < -0.3 is 9.47 Å². The normalized spacial score (nSPS) is 13.8. The van der Waals surface area contributed by atoms with E-state index >= 15 is 0 Å². The Kier molecular flexibility index (Phi) is 2.75. The number of aryl methyl sites for hydroxylation is 2. The summed E-state index contributed by atoms with van der Waals surface area (Å²) in [5.41, 5.74) is 3.53.